The molecule has 0 saturated carbocycles. The van der Waals surface area contributed by atoms with Crippen LogP contribution in [0.25, 0.3) is 10.6 Å². The van der Waals surface area contributed by atoms with Gasteiger partial charge in [-0.15, -0.1) is 22.7 Å². The summed E-state index contributed by atoms with van der Waals surface area (Å²) in [6.45, 7) is 6.21. The topological polar surface area (TPSA) is 59.1 Å². The number of nitrogens with one attached hydrogen (secondary N) is 1. The first-order valence-corrected chi connectivity index (χ1v) is 11.2. The van der Waals surface area contributed by atoms with Gasteiger partial charge in [0.15, 0.2) is 0 Å². The molecule has 0 bridgehead atoms. The summed E-state index contributed by atoms with van der Waals surface area (Å²) in [5.41, 5.74) is 1.46. The highest BCUT2D eigenvalue weighted by Crippen LogP contribution is 2.34. The largest absolute Gasteiger partial charge is 0.276 e. The third-order valence-corrected chi connectivity index (χ3v) is 7.47. The van der Waals surface area contributed by atoms with Gasteiger partial charge in [0, 0.05) is 26.8 Å². The number of benzene rings is 1. The Hall–Kier alpha value is -1.48. The minimum atomic E-state index is -3.90. The molecule has 9 heteroatoms. The molecule has 138 valence electrons. The third-order valence-electron chi connectivity index (χ3n) is 3.54. The number of sulfonamides is 1. The fourth-order valence-corrected chi connectivity index (χ4v) is 5.59. The maximum atomic E-state index is 13.9. The van der Waals surface area contributed by atoms with E-state index in [0.29, 0.717) is 0 Å². The molecule has 2 heterocycles. The maximum Gasteiger partial charge on any atom is 0.271 e. The lowest BCUT2D eigenvalue weighted by Gasteiger charge is -2.14. The Morgan fingerprint density at radius 3 is 2.50 bits per heavy atom. The zero-order valence-electron chi connectivity index (χ0n) is 14.2. The minimum absolute atomic E-state index is 0.0760. The number of nitrogens with zero attached hydrogens (tertiary/aromatic N) is 1. The van der Waals surface area contributed by atoms with Crippen LogP contribution in [0.4, 0.5) is 10.1 Å². The van der Waals surface area contributed by atoms with Crippen molar-refractivity contribution in [2.45, 2.75) is 30.4 Å². The van der Waals surface area contributed by atoms with Crippen molar-refractivity contribution >= 4 is 50.0 Å². The molecule has 0 fully saturated rings. The molecule has 0 amide bonds. The Kier molecular flexibility index (Phi) is 5.13. The summed E-state index contributed by atoms with van der Waals surface area (Å²) in [4.78, 5) is 4.59. The first-order valence-electron chi connectivity index (χ1n) is 7.59. The highest BCUT2D eigenvalue weighted by atomic mass is 35.5. The van der Waals surface area contributed by atoms with Crippen LogP contribution in [-0.4, -0.2) is 13.4 Å². The zero-order chi connectivity index (χ0) is 19.1. The minimum Gasteiger partial charge on any atom is -0.276 e. The average molecular weight is 431 g/mol. The van der Waals surface area contributed by atoms with Gasteiger partial charge in [-0.3, -0.25) is 4.72 Å². The van der Waals surface area contributed by atoms with Crippen LogP contribution < -0.4 is 4.72 Å². The molecule has 4 nitrogen and oxygen atoms in total. The quantitative estimate of drug-likeness (QED) is 0.572. The number of thiazole rings is 1. The smallest absolute Gasteiger partial charge is 0.271 e. The molecule has 0 spiro atoms. The van der Waals surface area contributed by atoms with Crippen molar-refractivity contribution in [2.75, 3.05) is 4.72 Å². The monoisotopic (exact) mass is 430 g/mol. The molecule has 3 rings (SSSR count). The van der Waals surface area contributed by atoms with Gasteiger partial charge in [-0.1, -0.05) is 32.4 Å². The van der Waals surface area contributed by atoms with Crippen molar-refractivity contribution in [2.24, 2.45) is 0 Å². The van der Waals surface area contributed by atoms with Crippen molar-refractivity contribution in [3.05, 3.63) is 51.6 Å². The summed E-state index contributed by atoms with van der Waals surface area (Å²) in [6, 6.07) is 5.32. The van der Waals surface area contributed by atoms with Crippen molar-refractivity contribution in [3.63, 3.8) is 0 Å². The second-order valence-electron chi connectivity index (χ2n) is 6.67. The highest BCUT2D eigenvalue weighted by molar-refractivity contribution is 7.94. The summed E-state index contributed by atoms with van der Waals surface area (Å²) in [5.74, 6) is -0.729. The van der Waals surface area contributed by atoms with E-state index in [9.17, 15) is 12.8 Å². The maximum absolute atomic E-state index is 13.9. The van der Waals surface area contributed by atoms with Gasteiger partial charge in [-0.25, -0.2) is 17.8 Å². The average Bonchev–Trinajstić information content (AvgIpc) is 3.17. The predicted octanol–water partition coefficient (Wildman–Crippen LogP) is 5.76. The van der Waals surface area contributed by atoms with Crippen LogP contribution in [0.2, 0.25) is 5.02 Å². The van der Waals surface area contributed by atoms with E-state index in [2.05, 4.69) is 30.5 Å². The number of thiophene rings is 1. The van der Waals surface area contributed by atoms with E-state index < -0.39 is 15.8 Å². The van der Waals surface area contributed by atoms with Gasteiger partial charge in [0.2, 0.25) is 0 Å². The van der Waals surface area contributed by atoms with Gasteiger partial charge >= 0.3 is 0 Å². The molecule has 0 radical (unpaired) electrons. The number of anilines is 1. The fraction of sp³-hybridized carbons (Fsp3) is 0.235. The standard InChI is InChI=1S/C17H16ClFN2O2S3/c1-17(2,3)14-9-25-16(20-14)10-6-15(24-8-10)26(22,23)21-13-5-4-11(18)7-12(13)19/h4-9,21H,1-3H3. The van der Waals surface area contributed by atoms with Gasteiger partial charge < -0.3 is 0 Å². The number of hydrogen-bond acceptors (Lipinski definition) is 5. The molecule has 2 aromatic heterocycles. The van der Waals surface area contributed by atoms with Crippen LogP contribution in [0.3, 0.4) is 0 Å². The zero-order valence-corrected chi connectivity index (χ0v) is 17.4. The molecule has 1 N–H and O–H groups in total. The van der Waals surface area contributed by atoms with Crippen molar-refractivity contribution in [3.8, 4) is 10.6 Å². The summed E-state index contributed by atoms with van der Waals surface area (Å²) < 4.78 is 41.3. The van der Waals surface area contributed by atoms with Crippen LogP contribution in [0.15, 0.2) is 39.2 Å². The van der Waals surface area contributed by atoms with E-state index in [4.69, 9.17) is 11.6 Å². The van der Waals surface area contributed by atoms with Gasteiger partial charge in [0.25, 0.3) is 10.0 Å². The van der Waals surface area contributed by atoms with Crippen LogP contribution in [0.1, 0.15) is 26.5 Å². The Bertz CT molecular complexity index is 1050. The van der Waals surface area contributed by atoms with E-state index in [1.54, 1.807) is 11.4 Å². The number of aromatic nitrogens is 1. The van der Waals surface area contributed by atoms with E-state index >= 15 is 0 Å². The van der Waals surface area contributed by atoms with Gasteiger partial charge in [0.1, 0.15) is 15.0 Å². The molecule has 0 aliphatic carbocycles. The molecule has 0 aliphatic rings. The number of halogens is 2. The van der Waals surface area contributed by atoms with Gasteiger partial charge in [0.05, 0.1) is 11.4 Å². The van der Waals surface area contributed by atoms with E-state index in [1.807, 2.05) is 5.38 Å². The Morgan fingerprint density at radius 2 is 1.88 bits per heavy atom. The van der Waals surface area contributed by atoms with E-state index in [1.165, 1.54) is 23.5 Å². The predicted molar refractivity (Wildman–Crippen MR) is 106 cm³/mol. The molecular weight excluding hydrogens is 415 g/mol. The second kappa shape index (κ2) is 6.92. The Labute approximate surface area is 164 Å². The van der Waals surface area contributed by atoms with Crippen molar-refractivity contribution < 1.29 is 12.8 Å². The fourth-order valence-electron chi connectivity index (χ4n) is 2.09. The van der Waals surface area contributed by atoms with Gasteiger partial charge in [-0.05, 0) is 24.3 Å². The molecular formula is C17H16ClFN2O2S3. The molecule has 0 unspecified atom stereocenters. The van der Waals surface area contributed by atoms with Crippen LogP contribution in [0, 0.1) is 5.82 Å². The summed E-state index contributed by atoms with van der Waals surface area (Å²) in [6.07, 6.45) is 0. The molecule has 3 aromatic rings. The Morgan fingerprint density at radius 1 is 1.15 bits per heavy atom. The molecule has 1 aromatic carbocycles. The molecule has 0 aliphatic heterocycles. The lowest BCUT2D eigenvalue weighted by molar-refractivity contribution is 0.573. The Balaban J connectivity index is 1.87. The van der Waals surface area contributed by atoms with Crippen molar-refractivity contribution in [1.29, 1.82) is 0 Å². The van der Waals surface area contributed by atoms with Crippen LogP contribution >= 0.6 is 34.3 Å². The summed E-state index contributed by atoms with van der Waals surface area (Å²) >= 11 is 8.22. The molecule has 0 atom stereocenters. The first-order chi connectivity index (χ1) is 12.1. The van der Waals surface area contributed by atoms with Crippen LogP contribution in [-0.2, 0) is 15.4 Å². The molecule has 26 heavy (non-hydrogen) atoms. The summed E-state index contributed by atoms with van der Waals surface area (Å²) in [5, 5.41) is 4.66. The number of hydrogen-bond donors (Lipinski definition) is 1. The van der Waals surface area contributed by atoms with Crippen molar-refractivity contribution in [1.82, 2.24) is 4.98 Å². The van der Waals surface area contributed by atoms with Gasteiger partial charge in [-0.2, -0.15) is 0 Å². The number of rotatable bonds is 4. The SMILES string of the molecule is CC(C)(C)c1csc(-c2csc(S(=O)(=O)Nc3ccc(Cl)cc3F)c2)n1. The van der Waals surface area contributed by atoms with Crippen LogP contribution in [0.5, 0.6) is 0 Å². The lowest BCUT2D eigenvalue weighted by Crippen LogP contribution is -2.12. The lowest BCUT2D eigenvalue weighted by atomic mass is 9.93. The highest BCUT2D eigenvalue weighted by Gasteiger charge is 2.22. The summed E-state index contributed by atoms with van der Waals surface area (Å²) in [7, 11) is -3.90. The van der Waals surface area contributed by atoms with E-state index in [-0.39, 0.29) is 20.3 Å². The second-order valence-corrected chi connectivity index (χ2v) is 10.8. The molecule has 0 saturated heterocycles. The third kappa shape index (κ3) is 4.09. The first kappa shape index (κ1) is 19.3. The van der Waals surface area contributed by atoms with E-state index in [0.717, 1.165) is 33.7 Å². The normalized spacial score (nSPS) is 12.3.